The highest BCUT2D eigenvalue weighted by molar-refractivity contribution is 7.99. The molecule has 0 spiro atoms. The van der Waals surface area contributed by atoms with Gasteiger partial charge in [-0.1, -0.05) is 30.0 Å². The Bertz CT molecular complexity index is 976. The van der Waals surface area contributed by atoms with Crippen molar-refractivity contribution in [2.75, 3.05) is 0 Å². The molecule has 0 unspecified atom stereocenters. The van der Waals surface area contributed by atoms with Crippen LogP contribution in [0.4, 0.5) is 0 Å². The van der Waals surface area contributed by atoms with Crippen LogP contribution in [-0.4, -0.2) is 18.6 Å². The Labute approximate surface area is 133 Å². The van der Waals surface area contributed by atoms with E-state index >= 15 is 0 Å². The average molecular weight is 325 g/mol. The van der Waals surface area contributed by atoms with Crippen molar-refractivity contribution in [2.45, 2.75) is 0 Å². The fourth-order valence-corrected chi connectivity index (χ4v) is 2.76. The lowest BCUT2D eigenvalue weighted by Gasteiger charge is -2.01. The van der Waals surface area contributed by atoms with Gasteiger partial charge < -0.3 is 10.2 Å². The second kappa shape index (κ2) is 6.69. The lowest BCUT2D eigenvalue weighted by Crippen LogP contribution is -2.04. The van der Waals surface area contributed by atoms with Crippen molar-refractivity contribution < 1.29 is 18.6 Å². The lowest BCUT2D eigenvalue weighted by atomic mass is 10.2. The van der Waals surface area contributed by atoms with Gasteiger partial charge in [-0.2, -0.15) is 5.26 Å². The van der Waals surface area contributed by atoms with E-state index in [0.717, 1.165) is 6.08 Å². The predicted molar refractivity (Wildman–Crippen MR) is 85.7 cm³/mol. The zero-order valence-electron chi connectivity index (χ0n) is 11.8. The maximum Gasteiger partial charge on any atom is 0.224 e. The topological polar surface area (TPSA) is 98.4 Å². The molecule has 5 nitrogen and oxygen atoms in total. The van der Waals surface area contributed by atoms with Gasteiger partial charge in [-0.3, -0.25) is 0 Å². The van der Waals surface area contributed by atoms with Crippen molar-refractivity contribution in [3.05, 3.63) is 75.4 Å². The van der Waals surface area contributed by atoms with Gasteiger partial charge in [0.15, 0.2) is 11.5 Å². The second-order valence-electron chi connectivity index (χ2n) is 4.41. The van der Waals surface area contributed by atoms with Crippen molar-refractivity contribution in [2.24, 2.45) is 0 Å². The molecular formula is C17H11NO4S. The van der Waals surface area contributed by atoms with Crippen LogP contribution in [0.3, 0.4) is 0 Å². The van der Waals surface area contributed by atoms with E-state index in [0.29, 0.717) is 5.56 Å². The molecule has 0 heterocycles. The molecule has 0 radical (unpaired) electrons. The summed E-state index contributed by atoms with van der Waals surface area (Å²) in [6.45, 7) is 0. The number of allylic oxidation sites excluding steroid dienone is 6. The van der Waals surface area contributed by atoms with Crippen molar-refractivity contribution in [3.8, 4) is 17.6 Å². The fraction of sp³-hybridized carbons (Fsp3) is 0. The van der Waals surface area contributed by atoms with Crippen LogP contribution in [0.15, 0.2) is 69.9 Å². The third-order valence-electron chi connectivity index (χ3n) is 2.85. The summed E-state index contributed by atoms with van der Waals surface area (Å²) < 4.78 is 24.5. The van der Waals surface area contributed by atoms with Crippen molar-refractivity contribution in [3.63, 3.8) is 0 Å². The molecule has 0 fully saturated rings. The number of nitrogens with zero attached hydrogens (tertiary/aromatic N) is 1. The summed E-state index contributed by atoms with van der Waals surface area (Å²) in [6, 6.07) is 5.78. The molecule has 114 valence electrons. The highest BCUT2D eigenvalue weighted by Gasteiger charge is 2.21. The van der Waals surface area contributed by atoms with Crippen molar-refractivity contribution >= 4 is 15.9 Å². The highest BCUT2D eigenvalue weighted by Crippen LogP contribution is 2.25. The highest BCUT2D eigenvalue weighted by atomic mass is 32.2. The van der Waals surface area contributed by atoms with Crippen LogP contribution >= 0.6 is 0 Å². The normalized spacial score (nSPS) is 14.0. The molecule has 0 aliphatic heterocycles. The molecule has 0 saturated heterocycles. The van der Waals surface area contributed by atoms with Gasteiger partial charge in [-0.05, 0) is 41.7 Å². The van der Waals surface area contributed by atoms with E-state index in [2.05, 4.69) is 11.5 Å². The van der Waals surface area contributed by atoms with Crippen LogP contribution in [-0.2, 0) is 9.84 Å². The maximum absolute atomic E-state index is 12.3. The Morgan fingerprint density at radius 3 is 2.65 bits per heavy atom. The van der Waals surface area contributed by atoms with Gasteiger partial charge in [0.05, 0.1) is 0 Å². The van der Waals surface area contributed by atoms with E-state index in [-0.39, 0.29) is 16.4 Å². The number of aromatic hydroxyl groups is 2. The molecule has 0 aromatic heterocycles. The largest absolute Gasteiger partial charge is 0.504 e. The minimum Gasteiger partial charge on any atom is -0.504 e. The first-order valence-corrected chi connectivity index (χ1v) is 7.87. The molecule has 6 heteroatoms. The zero-order valence-corrected chi connectivity index (χ0v) is 12.6. The molecule has 1 aliphatic carbocycles. The molecule has 1 aromatic carbocycles. The first kappa shape index (κ1) is 16.2. The number of sulfone groups is 1. The summed E-state index contributed by atoms with van der Waals surface area (Å²) in [4.78, 5) is -0.573. The fourth-order valence-electron chi connectivity index (χ4n) is 1.69. The molecule has 23 heavy (non-hydrogen) atoms. The van der Waals surface area contributed by atoms with Crippen LogP contribution in [0.2, 0.25) is 0 Å². The van der Waals surface area contributed by atoms with E-state index in [1.165, 1.54) is 48.6 Å². The van der Waals surface area contributed by atoms with Crippen LogP contribution in [0, 0.1) is 11.3 Å². The van der Waals surface area contributed by atoms with Crippen LogP contribution < -0.4 is 0 Å². The van der Waals surface area contributed by atoms with Crippen LogP contribution in [0.1, 0.15) is 5.56 Å². The molecule has 0 atom stereocenters. The van der Waals surface area contributed by atoms with E-state index in [1.807, 2.05) is 0 Å². The summed E-state index contributed by atoms with van der Waals surface area (Å²) >= 11 is 0. The van der Waals surface area contributed by atoms with Gasteiger partial charge in [0, 0.05) is 0 Å². The minimum absolute atomic E-state index is 0.136. The van der Waals surface area contributed by atoms with E-state index in [1.54, 1.807) is 6.07 Å². The van der Waals surface area contributed by atoms with E-state index in [9.17, 15) is 18.6 Å². The Hall–Kier alpha value is -3.22. The quantitative estimate of drug-likeness (QED) is 0.384. The van der Waals surface area contributed by atoms with Crippen LogP contribution in [0.25, 0.3) is 6.08 Å². The molecule has 2 rings (SSSR count). The molecule has 0 amide bonds. The summed E-state index contributed by atoms with van der Waals surface area (Å²) in [7, 11) is -3.95. The Morgan fingerprint density at radius 2 is 2.04 bits per heavy atom. The standard InChI is InChI=1S/C17H11NO4S/c18-12-15(23(21,22)14-6-2-1-3-7-14)8-4-5-13-9-10-16(19)17(20)11-13/h1-2,4-6,8-11,19-20H/b5-4+,15-8+. The zero-order chi connectivity index (χ0) is 16.9. The smallest absolute Gasteiger partial charge is 0.224 e. The number of nitriles is 1. The first-order valence-electron chi connectivity index (χ1n) is 6.39. The number of phenols is 2. The van der Waals surface area contributed by atoms with Gasteiger partial charge in [-0.15, -0.1) is 0 Å². The molecule has 2 N–H and O–H groups in total. The lowest BCUT2D eigenvalue weighted by molar-refractivity contribution is 0.403. The molecule has 1 aromatic rings. The van der Waals surface area contributed by atoms with Crippen molar-refractivity contribution in [1.29, 1.82) is 5.26 Å². The summed E-state index contributed by atoms with van der Waals surface area (Å²) in [5.41, 5.74) is 5.52. The number of phenolic OH excluding ortho intramolecular Hbond substituents is 2. The number of benzene rings is 1. The molecular weight excluding hydrogens is 314 g/mol. The van der Waals surface area contributed by atoms with Gasteiger partial charge in [0.1, 0.15) is 15.9 Å². The minimum atomic E-state index is -3.95. The summed E-state index contributed by atoms with van der Waals surface area (Å²) in [5, 5.41) is 27.7. The van der Waals surface area contributed by atoms with Crippen LogP contribution in [0.5, 0.6) is 11.5 Å². The Balaban J connectivity index is 2.33. The first-order chi connectivity index (χ1) is 10.9. The molecule has 0 saturated carbocycles. The monoisotopic (exact) mass is 325 g/mol. The van der Waals surface area contributed by atoms with E-state index in [4.69, 9.17) is 5.26 Å². The van der Waals surface area contributed by atoms with Crippen molar-refractivity contribution in [1.82, 2.24) is 0 Å². The predicted octanol–water partition coefficient (Wildman–Crippen LogP) is 2.70. The van der Waals surface area contributed by atoms with Gasteiger partial charge >= 0.3 is 0 Å². The van der Waals surface area contributed by atoms with Gasteiger partial charge in [0.25, 0.3) is 0 Å². The summed E-state index contributed by atoms with van der Waals surface area (Å²) in [5.74, 6) is -0.549. The Morgan fingerprint density at radius 1 is 1.26 bits per heavy atom. The number of rotatable bonds is 4. The third-order valence-corrected chi connectivity index (χ3v) is 4.47. The number of hydrogen-bond donors (Lipinski definition) is 2. The number of hydrogen-bond acceptors (Lipinski definition) is 5. The SMILES string of the molecule is N#C/C(=C\C=C\c1ccc(O)c(O)c1)S(=O)(=O)C1=C=C=CC=C1. The molecule has 1 aliphatic rings. The average Bonchev–Trinajstić information content (AvgIpc) is 2.55. The Kier molecular flexibility index (Phi) is 4.70. The summed E-state index contributed by atoms with van der Waals surface area (Å²) in [6.07, 6.45) is 8.35. The third kappa shape index (κ3) is 3.70. The van der Waals surface area contributed by atoms with Gasteiger partial charge in [-0.25, -0.2) is 8.42 Å². The van der Waals surface area contributed by atoms with E-state index < -0.39 is 14.7 Å². The maximum atomic E-state index is 12.3. The molecule has 0 bridgehead atoms. The second-order valence-corrected chi connectivity index (χ2v) is 6.30. The van der Waals surface area contributed by atoms with Gasteiger partial charge in [0.2, 0.25) is 9.84 Å².